The summed E-state index contributed by atoms with van der Waals surface area (Å²) in [6, 6.07) is 31.1. The van der Waals surface area contributed by atoms with Crippen LogP contribution in [-0.2, 0) is 10.8 Å². The van der Waals surface area contributed by atoms with Crippen LogP contribution < -0.4 is 0 Å². The molecular weight excluding hydrogens is 432 g/mol. The fourth-order valence-corrected chi connectivity index (χ4v) is 6.76. The molecule has 36 heavy (non-hydrogen) atoms. The van der Waals surface area contributed by atoms with E-state index in [1.54, 1.807) is 0 Å². The second-order valence-corrected chi connectivity index (χ2v) is 9.84. The van der Waals surface area contributed by atoms with Crippen LogP contribution in [0.4, 0.5) is 0 Å². The number of rotatable bonds is 10. The SMILES string of the molecule is C=Cc1c(C=C)c(C(CC)(CC)c2ccccc2)c2ccccc2c1C(CC)(CC)c1ccccc1. The van der Waals surface area contributed by atoms with Crippen LogP contribution in [0.5, 0.6) is 0 Å². The molecule has 4 aromatic carbocycles. The summed E-state index contributed by atoms with van der Waals surface area (Å²) in [5, 5.41) is 2.67. The molecular formula is C36H40. The number of benzene rings is 4. The molecule has 184 valence electrons. The first kappa shape index (κ1) is 25.7. The number of fused-ring (bicyclic) bond motifs is 1. The van der Waals surface area contributed by atoms with E-state index in [-0.39, 0.29) is 10.8 Å². The van der Waals surface area contributed by atoms with Gasteiger partial charge in [0.2, 0.25) is 0 Å². The minimum absolute atomic E-state index is 0.117. The number of hydrogen-bond donors (Lipinski definition) is 0. The van der Waals surface area contributed by atoms with Gasteiger partial charge >= 0.3 is 0 Å². The second kappa shape index (κ2) is 10.7. The van der Waals surface area contributed by atoms with Crippen LogP contribution in [0.15, 0.2) is 98.1 Å². The molecule has 4 aromatic rings. The van der Waals surface area contributed by atoms with Crippen molar-refractivity contribution in [3.8, 4) is 0 Å². The maximum absolute atomic E-state index is 4.38. The molecule has 0 aliphatic heterocycles. The molecule has 0 saturated heterocycles. The third-order valence-electron chi connectivity index (χ3n) is 8.73. The summed E-state index contributed by atoms with van der Waals surface area (Å²) >= 11 is 0. The molecule has 0 aliphatic carbocycles. The molecule has 0 aromatic heterocycles. The molecule has 0 saturated carbocycles. The Morgan fingerprint density at radius 3 is 1.08 bits per heavy atom. The molecule has 0 bridgehead atoms. The van der Waals surface area contributed by atoms with Gasteiger partial charge in [0.15, 0.2) is 0 Å². The maximum Gasteiger partial charge on any atom is 0.0210 e. The van der Waals surface area contributed by atoms with Gasteiger partial charge in [0.05, 0.1) is 0 Å². The highest BCUT2D eigenvalue weighted by molar-refractivity contribution is 5.98. The van der Waals surface area contributed by atoms with Gasteiger partial charge in [-0.05, 0) is 69.8 Å². The van der Waals surface area contributed by atoms with Crippen LogP contribution >= 0.6 is 0 Å². The first-order chi connectivity index (χ1) is 17.6. The predicted molar refractivity (Wildman–Crippen MR) is 160 cm³/mol. The van der Waals surface area contributed by atoms with Gasteiger partial charge in [-0.25, -0.2) is 0 Å². The third-order valence-corrected chi connectivity index (χ3v) is 8.73. The molecule has 0 amide bonds. The van der Waals surface area contributed by atoms with Gasteiger partial charge in [-0.2, -0.15) is 0 Å². The zero-order chi connectivity index (χ0) is 25.8. The lowest BCUT2D eigenvalue weighted by atomic mass is 9.62. The van der Waals surface area contributed by atoms with E-state index in [9.17, 15) is 0 Å². The van der Waals surface area contributed by atoms with Gasteiger partial charge in [0.25, 0.3) is 0 Å². The standard InChI is InChI=1S/C36H40/c1-7-29-30(8-2)34(36(11-5,12-6)28-23-17-14-18-24-28)32-26-20-19-25-31(32)33(29)35(9-3,10-4)27-21-15-13-16-22-27/h7-8,13-26H,1-2,9-12H2,3-6H3. The van der Waals surface area contributed by atoms with Crippen LogP contribution in [0.25, 0.3) is 22.9 Å². The molecule has 0 N–H and O–H groups in total. The zero-order valence-corrected chi connectivity index (χ0v) is 22.5. The summed E-state index contributed by atoms with van der Waals surface area (Å²) in [4.78, 5) is 0. The summed E-state index contributed by atoms with van der Waals surface area (Å²) in [6.45, 7) is 18.1. The van der Waals surface area contributed by atoms with Crippen LogP contribution in [0.3, 0.4) is 0 Å². The van der Waals surface area contributed by atoms with Gasteiger partial charge in [0, 0.05) is 10.8 Å². The van der Waals surface area contributed by atoms with Crippen LogP contribution in [0, 0.1) is 0 Å². The van der Waals surface area contributed by atoms with Crippen molar-refractivity contribution in [1.82, 2.24) is 0 Å². The van der Waals surface area contributed by atoms with Crippen LogP contribution in [0.1, 0.15) is 86.8 Å². The van der Waals surface area contributed by atoms with Crippen molar-refractivity contribution in [2.75, 3.05) is 0 Å². The summed E-state index contributed by atoms with van der Waals surface area (Å²) in [7, 11) is 0. The molecule has 0 heteroatoms. The summed E-state index contributed by atoms with van der Waals surface area (Å²) < 4.78 is 0. The van der Waals surface area contributed by atoms with E-state index in [1.807, 2.05) is 0 Å². The molecule has 0 radical (unpaired) electrons. The van der Waals surface area contributed by atoms with Crippen molar-refractivity contribution in [1.29, 1.82) is 0 Å². The van der Waals surface area contributed by atoms with E-state index in [0.717, 1.165) is 25.7 Å². The fraction of sp³-hybridized carbons (Fsp3) is 0.278. The third kappa shape index (κ3) is 3.84. The van der Waals surface area contributed by atoms with Crippen LogP contribution in [0.2, 0.25) is 0 Å². The molecule has 0 spiro atoms. The Morgan fingerprint density at radius 2 is 0.806 bits per heavy atom. The van der Waals surface area contributed by atoms with Crippen LogP contribution in [-0.4, -0.2) is 0 Å². The van der Waals surface area contributed by atoms with Gasteiger partial charge in [0.1, 0.15) is 0 Å². The fourth-order valence-electron chi connectivity index (χ4n) is 6.76. The van der Waals surface area contributed by atoms with E-state index in [1.165, 1.54) is 44.2 Å². The molecule has 0 nitrogen and oxygen atoms in total. The molecule has 0 unspecified atom stereocenters. The van der Waals surface area contributed by atoms with E-state index in [0.29, 0.717) is 0 Å². The summed E-state index contributed by atoms with van der Waals surface area (Å²) in [5.74, 6) is 0. The van der Waals surface area contributed by atoms with E-state index in [4.69, 9.17) is 0 Å². The highest BCUT2D eigenvalue weighted by Crippen LogP contribution is 2.51. The molecule has 4 rings (SSSR count). The lowest BCUT2D eigenvalue weighted by molar-refractivity contribution is 0.474. The normalized spacial score (nSPS) is 12.0. The Labute approximate surface area is 218 Å². The van der Waals surface area contributed by atoms with E-state index in [2.05, 4.69) is 138 Å². The smallest absolute Gasteiger partial charge is 0.0210 e. The predicted octanol–water partition coefficient (Wildman–Crippen LogP) is 10.3. The second-order valence-electron chi connectivity index (χ2n) is 9.84. The Hall–Kier alpha value is -3.38. The average Bonchev–Trinajstić information content (AvgIpc) is 2.96. The quantitative estimate of drug-likeness (QED) is 0.215. The maximum atomic E-state index is 4.38. The van der Waals surface area contributed by atoms with Crippen molar-refractivity contribution in [3.63, 3.8) is 0 Å². The van der Waals surface area contributed by atoms with Gasteiger partial charge in [-0.15, -0.1) is 0 Å². The Balaban J connectivity index is 2.25. The van der Waals surface area contributed by atoms with Gasteiger partial charge in [-0.1, -0.05) is 138 Å². The topological polar surface area (TPSA) is 0 Å². The van der Waals surface area contributed by atoms with Crippen molar-refractivity contribution in [2.24, 2.45) is 0 Å². The highest BCUT2D eigenvalue weighted by Gasteiger charge is 2.39. The van der Waals surface area contributed by atoms with Crippen molar-refractivity contribution in [2.45, 2.75) is 64.2 Å². The monoisotopic (exact) mass is 472 g/mol. The minimum Gasteiger partial charge on any atom is -0.0984 e. The van der Waals surface area contributed by atoms with Crippen molar-refractivity contribution in [3.05, 3.63) is 131 Å². The summed E-state index contributed by atoms with van der Waals surface area (Å²) in [5.41, 5.74) is 7.73. The Morgan fingerprint density at radius 1 is 0.500 bits per heavy atom. The molecule has 0 atom stereocenters. The first-order valence-electron chi connectivity index (χ1n) is 13.5. The highest BCUT2D eigenvalue weighted by atomic mass is 14.4. The number of hydrogen-bond acceptors (Lipinski definition) is 0. The van der Waals surface area contributed by atoms with E-state index < -0.39 is 0 Å². The van der Waals surface area contributed by atoms with E-state index >= 15 is 0 Å². The Bertz CT molecular complexity index is 1230. The average molecular weight is 473 g/mol. The molecule has 0 fully saturated rings. The zero-order valence-electron chi connectivity index (χ0n) is 22.5. The lowest BCUT2D eigenvalue weighted by Crippen LogP contribution is -2.31. The van der Waals surface area contributed by atoms with Crippen molar-refractivity contribution < 1.29 is 0 Å². The first-order valence-corrected chi connectivity index (χ1v) is 13.5. The van der Waals surface area contributed by atoms with Crippen molar-refractivity contribution >= 4 is 22.9 Å². The van der Waals surface area contributed by atoms with Gasteiger partial charge < -0.3 is 0 Å². The Kier molecular flexibility index (Phi) is 7.65. The molecule has 0 aliphatic rings. The minimum atomic E-state index is -0.117. The molecule has 0 heterocycles. The van der Waals surface area contributed by atoms with Gasteiger partial charge in [-0.3, -0.25) is 0 Å². The lowest BCUT2D eigenvalue weighted by Gasteiger charge is -2.41. The summed E-state index contributed by atoms with van der Waals surface area (Å²) in [6.07, 6.45) is 8.23. The largest absolute Gasteiger partial charge is 0.0984 e.